The highest BCUT2D eigenvalue weighted by molar-refractivity contribution is 6.10. The zero-order valence-corrected chi connectivity index (χ0v) is 10.5. The largest absolute Gasteiger partial charge is 0.330 e. The first kappa shape index (κ1) is 14.3. The number of halogens is 3. The number of nitrogens with two attached hydrogens (primary N) is 1. The van der Waals surface area contributed by atoms with Crippen LogP contribution in [0.2, 0.25) is 0 Å². The minimum absolute atomic E-state index is 0.239. The Balaban J connectivity index is 2.50. The van der Waals surface area contributed by atoms with Crippen LogP contribution < -0.4 is 5.73 Å². The van der Waals surface area contributed by atoms with E-state index in [1.165, 1.54) is 6.07 Å². The third-order valence-corrected chi connectivity index (χ3v) is 2.96. The second-order valence-corrected chi connectivity index (χ2v) is 4.25. The number of ketones is 1. The molecule has 0 aliphatic heterocycles. The molecule has 0 heterocycles. The van der Waals surface area contributed by atoms with Crippen molar-refractivity contribution in [2.75, 3.05) is 6.54 Å². The average Bonchev–Trinajstić information content (AvgIpc) is 2.45. The van der Waals surface area contributed by atoms with Crippen LogP contribution in [0.3, 0.4) is 0 Å². The molecular formula is C15H12F3NO. The van der Waals surface area contributed by atoms with Crippen LogP contribution in [0.1, 0.15) is 21.5 Å². The van der Waals surface area contributed by atoms with Crippen LogP contribution in [-0.2, 0) is 6.42 Å². The van der Waals surface area contributed by atoms with Crippen LogP contribution in [0.25, 0.3) is 0 Å². The summed E-state index contributed by atoms with van der Waals surface area (Å²) in [6, 6.07) is 8.22. The molecular weight excluding hydrogens is 267 g/mol. The number of carbonyl (C=O) groups is 1. The molecule has 0 bridgehead atoms. The lowest BCUT2D eigenvalue weighted by Gasteiger charge is -2.09. The van der Waals surface area contributed by atoms with Gasteiger partial charge >= 0.3 is 0 Å². The predicted octanol–water partition coefficient (Wildman–Crippen LogP) is 2.84. The number of rotatable bonds is 4. The molecule has 0 spiro atoms. The molecule has 2 aromatic rings. The van der Waals surface area contributed by atoms with E-state index in [-0.39, 0.29) is 5.56 Å². The summed E-state index contributed by atoms with van der Waals surface area (Å²) in [6.45, 7) is 0.324. The van der Waals surface area contributed by atoms with Crippen molar-refractivity contribution in [1.82, 2.24) is 0 Å². The van der Waals surface area contributed by atoms with Crippen LogP contribution >= 0.6 is 0 Å². The monoisotopic (exact) mass is 279 g/mol. The Morgan fingerprint density at radius 1 is 0.950 bits per heavy atom. The van der Waals surface area contributed by atoms with Gasteiger partial charge in [-0.1, -0.05) is 24.3 Å². The zero-order valence-electron chi connectivity index (χ0n) is 10.5. The van der Waals surface area contributed by atoms with Crippen LogP contribution in [0.4, 0.5) is 13.2 Å². The Morgan fingerprint density at radius 2 is 1.65 bits per heavy atom. The fourth-order valence-electron chi connectivity index (χ4n) is 1.96. The molecule has 0 unspecified atom stereocenters. The number of carbonyl (C=O) groups excluding carboxylic acids is 1. The summed E-state index contributed by atoms with van der Waals surface area (Å²) in [7, 11) is 0. The van der Waals surface area contributed by atoms with Crippen molar-refractivity contribution < 1.29 is 18.0 Å². The highest BCUT2D eigenvalue weighted by Gasteiger charge is 2.21. The van der Waals surface area contributed by atoms with Gasteiger partial charge in [0.05, 0.1) is 5.56 Å². The van der Waals surface area contributed by atoms with Gasteiger partial charge in [0.1, 0.15) is 0 Å². The lowest BCUT2D eigenvalue weighted by molar-refractivity contribution is 0.103. The molecule has 0 aliphatic carbocycles. The standard InChI is InChI=1S/C15H12F3NO/c16-12-6-5-11(13(17)14(12)18)15(20)10-4-2-1-3-9(10)7-8-19/h1-6H,7-8,19H2. The first-order valence-corrected chi connectivity index (χ1v) is 6.02. The molecule has 20 heavy (non-hydrogen) atoms. The van der Waals surface area contributed by atoms with E-state index < -0.39 is 28.8 Å². The van der Waals surface area contributed by atoms with Crippen LogP contribution in [-0.4, -0.2) is 12.3 Å². The number of hydrogen-bond donors (Lipinski definition) is 1. The summed E-state index contributed by atoms with van der Waals surface area (Å²) < 4.78 is 39.7. The van der Waals surface area contributed by atoms with Gasteiger partial charge in [-0.3, -0.25) is 4.79 Å². The quantitative estimate of drug-likeness (QED) is 0.691. The molecule has 0 aliphatic rings. The molecule has 0 radical (unpaired) electrons. The van der Waals surface area contributed by atoms with Crippen molar-refractivity contribution in [1.29, 1.82) is 0 Å². The fourth-order valence-corrected chi connectivity index (χ4v) is 1.96. The van der Waals surface area contributed by atoms with Crippen LogP contribution in [0.15, 0.2) is 36.4 Å². The Kier molecular flexibility index (Phi) is 4.20. The summed E-state index contributed by atoms with van der Waals surface area (Å²) in [5, 5.41) is 0. The highest BCUT2D eigenvalue weighted by Crippen LogP contribution is 2.20. The van der Waals surface area contributed by atoms with E-state index in [0.29, 0.717) is 18.5 Å². The molecule has 0 amide bonds. The molecule has 2 nitrogen and oxygen atoms in total. The molecule has 0 saturated carbocycles. The van der Waals surface area contributed by atoms with E-state index in [1.54, 1.807) is 18.2 Å². The second kappa shape index (κ2) is 5.88. The molecule has 104 valence electrons. The van der Waals surface area contributed by atoms with Gasteiger partial charge in [0.2, 0.25) is 0 Å². The molecule has 2 N–H and O–H groups in total. The Hall–Kier alpha value is -2.14. The summed E-state index contributed by atoms with van der Waals surface area (Å²) >= 11 is 0. The van der Waals surface area contributed by atoms with E-state index in [0.717, 1.165) is 12.1 Å². The van der Waals surface area contributed by atoms with Crippen molar-refractivity contribution in [2.24, 2.45) is 5.73 Å². The first-order valence-electron chi connectivity index (χ1n) is 6.02. The second-order valence-electron chi connectivity index (χ2n) is 4.25. The van der Waals surface area contributed by atoms with Gasteiger partial charge in [-0.05, 0) is 30.7 Å². The topological polar surface area (TPSA) is 43.1 Å². The third-order valence-electron chi connectivity index (χ3n) is 2.96. The highest BCUT2D eigenvalue weighted by atomic mass is 19.2. The minimum atomic E-state index is -1.65. The maximum atomic E-state index is 13.7. The van der Waals surface area contributed by atoms with Crippen molar-refractivity contribution in [3.05, 3.63) is 70.5 Å². The maximum Gasteiger partial charge on any atom is 0.196 e. The lowest BCUT2D eigenvalue weighted by atomic mass is 9.96. The normalized spacial score (nSPS) is 10.6. The summed E-state index contributed by atoms with van der Waals surface area (Å²) in [6.07, 6.45) is 0.438. The van der Waals surface area contributed by atoms with Gasteiger partial charge in [0.15, 0.2) is 23.2 Å². The van der Waals surface area contributed by atoms with Gasteiger partial charge in [-0.2, -0.15) is 0 Å². The van der Waals surface area contributed by atoms with Crippen molar-refractivity contribution in [3.63, 3.8) is 0 Å². The average molecular weight is 279 g/mol. The Morgan fingerprint density at radius 3 is 2.35 bits per heavy atom. The van der Waals surface area contributed by atoms with Gasteiger partial charge in [-0.15, -0.1) is 0 Å². The van der Waals surface area contributed by atoms with E-state index in [2.05, 4.69) is 0 Å². The third kappa shape index (κ3) is 2.58. The van der Waals surface area contributed by atoms with Gasteiger partial charge < -0.3 is 5.73 Å². The van der Waals surface area contributed by atoms with E-state index >= 15 is 0 Å². The van der Waals surface area contributed by atoms with E-state index in [1.807, 2.05) is 0 Å². The Labute approximate surface area is 114 Å². The lowest BCUT2D eigenvalue weighted by Crippen LogP contribution is -2.12. The molecule has 2 rings (SSSR count). The van der Waals surface area contributed by atoms with E-state index in [4.69, 9.17) is 5.73 Å². The first-order chi connectivity index (χ1) is 9.56. The SMILES string of the molecule is NCCc1ccccc1C(=O)c1ccc(F)c(F)c1F. The minimum Gasteiger partial charge on any atom is -0.330 e. The van der Waals surface area contributed by atoms with Gasteiger partial charge in [0.25, 0.3) is 0 Å². The molecule has 0 aromatic heterocycles. The maximum absolute atomic E-state index is 13.7. The number of hydrogen-bond acceptors (Lipinski definition) is 2. The van der Waals surface area contributed by atoms with Crippen molar-refractivity contribution in [3.8, 4) is 0 Å². The van der Waals surface area contributed by atoms with Gasteiger partial charge in [-0.25, -0.2) is 13.2 Å². The fraction of sp³-hybridized carbons (Fsp3) is 0.133. The molecule has 5 heteroatoms. The molecule has 2 aromatic carbocycles. The summed E-state index contributed by atoms with van der Waals surface area (Å²) in [5.74, 6) is -5.13. The van der Waals surface area contributed by atoms with Crippen LogP contribution in [0, 0.1) is 17.5 Å². The van der Waals surface area contributed by atoms with E-state index in [9.17, 15) is 18.0 Å². The number of benzene rings is 2. The Bertz CT molecular complexity index is 656. The summed E-state index contributed by atoms with van der Waals surface area (Å²) in [5.41, 5.74) is 5.84. The predicted molar refractivity (Wildman–Crippen MR) is 68.9 cm³/mol. The van der Waals surface area contributed by atoms with Crippen molar-refractivity contribution >= 4 is 5.78 Å². The van der Waals surface area contributed by atoms with Crippen LogP contribution in [0.5, 0.6) is 0 Å². The molecule has 0 atom stereocenters. The van der Waals surface area contributed by atoms with Gasteiger partial charge in [0, 0.05) is 5.56 Å². The van der Waals surface area contributed by atoms with Crippen molar-refractivity contribution in [2.45, 2.75) is 6.42 Å². The molecule has 0 fully saturated rings. The zero-order chi connectivity index (χ0) is 14.7. The molecule has 0 saturated heterocycles. The summed E-state index contributed by atoms with van der Waals surface area (Å²) in [4.78, 5) is 12.3. The smallest absolute Gasteiger partial charge is 0.196 e.